The average Bonchev–Trinajstić information content (AvgIpc) is 3.29. The number of halogens is 1. The van der Waals surface area contributed by atoms with Crippen LogP contribution in [0.3, 0.4) is 0 Å². The maximum atomic E-state index is 14.3. The molecule has 148 valence electrons. The number of likely N-dealkylation sites (N-methyl/N-ethyl adjacent to an activating group) is 1. The van der Waals surface area contributed by atoms with E-state index in [0.717, 1.165) is 0 Å². The van der Waals surface area contributed by atoms with E-state index in [9.17, 15) is 17.6 Å². The SMILES string of the molecule is CN(CC(=O)Nc1ccc(-n2cccn2)c(F)c1)C1=NS(=O)(=O)c2ccccc21. The second-order valence-corrected chi connectivity index (χ2v) is 7.98. The van der Waals surface area contributed by atoms with E-state index in [1.54, 1.807) is 43.6 Å². The predicted molar refractivity (Wildman–Crippen MR) is 105 cm³/mol. The number of amidine groups is 1. The Balaban J connectivity index is 1.47. The van der Waals surface area contributed by atoms with Gasteiger partial charge in [-0.15, -0.1) is 4.40 Å². The van der Waals surface area contributed by atoms with Crippen molar-refractivity contribution in [1.29, 1.82) is 0 Å². The highest BCUT2D eigenvalue weighted by molar-refractivity contribution is 7.90. The molecular formula is C19H16FN5O3S. The topological polar surface area (TPSA) is 96.7 Å². The Kier molecular flexibility index (Phi) is 4.63. The molecule has 1 amide bonds. The summed E-state index contributed by atoms with van der Waals surface area (Å²) in [7, 11) is -2.20. The maximum Gasteiger partial charge on any atom is 0.285 e. The molecule has 1 aliphatic heterocycles. The standard InChI is InChI=1S/C19H16FN5O3S/c1-24(19-14-5-2-3-6-17(14)29(27,28)23-19)12-18(26)22-13-7-8-16(15(20)11-13)25-10-4-9-21-25/h2-11H,12H2,1H3,(H,22,26). The van der Waals surface area contributed by atoms with Gasteiger partial charge in [0.05, 0.1) is 6.54 Å². The molecule has 2 aromatic carbocycles. The quantitative estimate of drug-likeness (QED) is 0.706. The summed E-state index contributed by atoms with van der Waals surface area (Å²) in [6.07, 6.45) is 3.15. The number of nitrogens with zero attached hydrogens (tertiary/aromatic N) is 4. The molecule has 1 N–H and O–H groups in total. The van der Waals surface area contributed by atoms with Crippen LogP contribution in [0.25, 0.3) is 5.69 Å². The van der Waals surface area contributed by atoms with Gasteiger partial charge in [-0.3, -0.25) is 4.79 Å². The van der Waals surface area contributed by atoms with Gasteiger partial charge >= 0.3 is 0 Å². The Morgan fingerprint density at radius 1 is 1.21 bits per heavy atom. The van der Waals surface area contributed by atoms with Crippen molar-refractivity contribution in [1.82, 2.24) is 14.7 Å². The van der Waals surface area contributed by atoms with Crippen molar-refractivity contribution in [2.75, 3.05) is 18.9 Å². The van der Waals surface area contributed by atoms with Gasteiger partial charge in [-0.05, 0) is 36.4 Å². The van der Waals surface area contributed by atoms with Crippen LogP contribution in [0.4, 0.5) is 10.1 Å². The van der Waals surface area contributed by atoms with Crippen molar-refractivity contribution in [3.8, 4) is 5.69 Å². The smallest absolute Gasteiger partial charge is 0.285 e. The van der Waals surface area contributed by atoms with Crippen LogP contribution in [-0.4, -0.2) is 48.4 Å². The second-order valence-electron chi connectivity index (χ2n) is 6.41. The van der Waals surface area contributed by atoms with E-state index in [1.165, 1.54) is 34.0 Å². The van der Waals surface area contributed by atoms with Gasteiger partial charge in [0.25, 0.3) is 10.0 Å². The summed E-state index contributed by atoms with van der Waals surface area (Å²) >= 11 is 0. The molecule has 8 nitrogen and oxygen atoms in total. The van der Waals surface area contributed by atoms with Gasteiger partial charge in [0.2, 0.25) is 5.91 Å². The van der Waals surface area contributed by atoms with Crippen molar-refractivity contribution in [3.05, 3.63) is 72.3 Å². The zero-order chi connectivity index (χ0) is 20.6. The number of sulfonamides is 1. The van der Waals surface area contributed by atoms with Gasteiger partial charge < -0.3 is 10.2 Å². The van der Waals surface area contributed by atoms with Crippen LogP contribution in [0.15, 0.2) is 70.2 Å². The number of rotatable bonds is 4. The lowest BCUT2D eigenvalue weighted by Crippen LogP contribution is -2.34. The first kappa shape index (κ1) is 18.8. The molecule has 0 aliphatic carbocycles. The van der Waals surface area contributed by atoms with E-state index in [1.807, 2.05) is 0 Å². The van der Waals surface area contributed by atoms with Crippen LogP contribution in [0.5, 0.6) is 0 Å². The highest BCUT2D eigenvalue weighted by Crippen LogP contribution is 2.27. The number of carbonyl (C=O) groups excluding carboxylic acids is 1. The molecule has 0 atom stereocenters. The number of benzene rings is 2. The molecule has 0 saturated heterocycles. The Morgan fingerprint density at radius 2 is 2.00 bits per heavy atom. The molecule has 0 radical (unpaired) electrons. The largest absolute Gasteiger partial charge is 0.349 e. The minimum absolute atomic E-state index is 0.110. The number of hydrogen-bond donors (Lipinski definition) is 1. The van der Waals surface area contributed by atoms with E-state index in [4.69, 9.17) is 0 Å². The fourth-order valence-electron chi connectivity index (χ4n) is 3.04. The second kappa shape index (κ2) is 7.13. The molecule has 4 rings (SSSR count). The molecule has 0 fully saturated rings. The molecule has 0 bridgehead atoms. The van der Waals surface area contributed by atoms with Crippen molar-refractivity contribution < 1.29 is 17.6 Å². The van der Waals surface area contributed by atoms with E-state index < -0.39 is 21.7 Å². The monoisotopic (exact) mass is 413 g/mol. The van der Waals surface area contributed by atoms with Crippen LogP contribution < -0.4 is 5.32 Å². The number of nitrogens with one attached hydrogen (secondary N) is 1. The molecule has 3 aromatic rings. The van der Waals surface area contributed by atoms with Gasteiger partial charge in [-0.1, -0.05) is 12.1 Å². The minimum atomic E-state index is -3.77. The third-order valence-electron chi connectivity index (χ3n) is 4.34. The molecule has 0 unspecified atom stereocenters. The number of aromatic nitrogens is 2. The van der Waals surface area contributed by atoms with Gasteiger partial charge in [0.1, 0.15) is 10.6 Å². The van der Waals surface area contributed by atoms with Gasteiger partial charge in [-0.2, -0.15) is 13.5 Å². The average molecular weight is 413 g/mol. The third-order valence-corrected chi connectivity index (χ3v) is 5.66. The summed E-state index contributed by atoms with van der Waals surface area (Å²) in [5, 5.41) is 6.57. The Hall–Kier alpha value is -3.53. The van der Waals surface area contributed by atoms with E-state index >= 15 is 0 Å². The lowest BCUT2D eigenvalue weighted by atomic mass is 10.2. The van der Waals surface area contributed by atoms with Gasteiger partial charge in [-0.25, -0.2) is 9.07 Å². The Labute approximate surface area is 166 Å². The van der Waals surface area contributed by atoms with E-state index in [-0.39, 0.29) is 28.7 Å². The Bertz CT molecular complexity index is 1220. The first-order valence-electron chi connectivity index (χ1n) is 8.60. The molecule has 2 heterocycles. The van der Waals surface area contributed by atoms with Gasteiger partial charge in [0.15, 0.2) is 11.7 Å². The van der Waals surface area contributed by atoms with Crippen molar-refractivity contribution in [3.63, 3.8) is 0 Å². The number of fused-ring (bicyclic) bond motifs is 1. The molecule has 0 spiro atoms. The molecule has 1 aliphatic rings. The summed E-state index contributed by atoms with van der Waals surface area (Å²) in [5.74, 6) is -0.792. The van der Waals surface area contributed by atoms with Crippen molar-refractivity contribution >= 4 is 27.5 Å². The molecule has 10 heteroatoms. The molecule has 1 aromatic heterocycles. The van der Waals surface area contributed by atoms with Crippen LogP contribution >= 0.6 is 0 Å². The zero-order valence-electron chi connectivity index (χ0n) is 15.3. The highest BCUT2D eigenvalue weighted by Gasteiger charge is 2.30. The van der Waals surface area contributed by atoms with Crippen LogP contribution in [0.1, 0.15) is 5.56 Å². The normalized spacial score (nSPS) is 14.2. The predicted octanol–water partition coefficient (Wildman–Crippen LogP) is 2.03. The van der Waals surface area contributed by atoms with Crippen molar-refractivity contribution in [2.24, 2.45) is 4.40 Å². The number of carbonyl (C=O) groups is 1. The minimum Gasteiger partial charge on any atom is -0.349 e. The highest BCUT2D eigenvalue weighted by atomic mass is 32.2. The van der Waals surface area contributed by atoms with E-state index in [2.05, 4.69) is 14.8 Å². The molecular weight excluding hydrogens is 397 g/mol. The maximum absolute atomic E-state index is 14.3. The summed E-state index contributed by atoms with van der Waals surface area (Å²) in [5.41, 5.74) is 0.975. The zero-order valence-corrected chi connectivity index (χ0v) is 16.1. The number of amides is 1. The van der Waals surface area contributed by atoms with Crippen LogP contribution in [-0.2, 0) is 14.8 Å². The molecule has 0 saturated carbocycles. The lowest BCUT2D eigenvalue weighted by Gasteiger charge is -2.18. The Morgan fingerprint density at radius 3 is 2.72 bits per heavy atom. The number of anilines is 1. The first-order valence-corrected chi connectivity index (χ1v) is 10.0. The van der Waals surface area contributed by atoms with E-state index in [0.29, 0.717) is 5.56 Å². The van der Waals surface area contributed by atoms with Crippen LogP contribution in [0.2, 0.25) is 0 Å². The van der Waals surface area contributed by atoms with Crippen molar-refractivity contribution in [2.45, 2.75) is 4.90 Å². The lowest BCUT2D eigenvalue weighted by molar-refractivity contribution is -0.116. The molecule has 29 heavy (non-hydrogen) atoms. The summed E-state index contributed by atoms with van der Waals surface area (Å²) in [6, 6.07) is 12.4. The summed E-state index contributed by atoms with van der Waals surface area (Å²) < 4.78 is 43.8. The fourth-order valence-corrected chi connectivity index (χ4v) is 4.29. The number of hydrogen-bond acceptors (Lipinski definition) is 5. The first-order chi connectivity index (χ1) is 13.8. The van der Waals surface area contributed by atoms with Gasteiger partial charge in [0, 0.05) is 30.7 Å². The van der Waals surface area contributed by atoms with Crippen LogP contribution in [0, 0.1) is 5.82 Å². The summed E-state index contributed by atoms with van der Waals surface area (Å²) in [6.45, 7) is -0.161. The fraction of sp³-hybridized carbons (Fsp3) is 0.105. The summed E-state index contributed by atoms with van der Waals surface area (Å²) in [4.78, 5) is 13.9. The third kappa shape index (κ3) is 3.61.